The Hall–Kier alpha value is -3.58. The van der Waals surface area contributed by atoms with Gasteiger partial charge < -0.3 is 24.1 Å². The second-order valence-electron chi connectivity index (χ2n) is 9.68. The van der Waals surface area contributed by atoms with E-state index in [2.05, 4.69) is 14.9 Å². The molecule has 3 aromatic rings. The number of carbonyl (C=O) groups excluding carboxylic acids is 1. The van der Waals surface area contributed by atoms with Gasteiger partial charge in [-0.3, -0.25) is 10.5 Å². The van der Waals surface area contributed by atoms with Crippen LogP contribution in [0.1, 0.15) is 62.5 Å². The van der Waals surface area contributed by atoms with E-state index in [9.17, 15) is 13.6 Å². The van der Waals surface area contributed by atoms with Crippen LogP contribution in [0.25, 0.3) is 5.65 Å². The number of methoxy groups -OCH3 is 1. The van der Waals surface area contributed by atoms with Gasteiger partial charge >= 0.3 is 12.1 Å². The molecule has 0 saturated carbocycles. The predicted octanol–water partition coefficient (Wildman–Crippen LogP) is 3.03. The Morgan fingerprint density at radius 2 is 1.85 bits per heavy atom. The zero-order valence-electron chi connectivity index (χ0n) is 23.1. The molecule has 2 aromatic heterocycles. The highest BCUT2D eigenvalue weighted by Crippen LogP contribution is 2.40. The van der Waals surface area contributed by atoms with Gasteiger partial charge in [0.05, 0.1) is 26.9 Å². The van der Waals surface area contributed by atoms with Gasteiger partial charge in [0.1, 0.15) is 5.56 Å². The number of benzene rings is 1. The van der Waals surface area contributed by atoms with Crippen LogP contribution in [0.3, 0.4) is 0 Å². The maximum Gasteiger partial charge on any atom is 0.401 e. The molecule has 0 unspecified atom stereocenters. The van der Waals surface area contributed by atoms with Crippen molar-refractivity contribution < 1.29 is 42.3 Å². The first kappa shape index (κ1) is 30.0. The lowest BCUT2D eigenvalue weighted by molar-refractivity contribution is -0.723. The number of anilines is 1. The molecule has 0 spiro atoms. The number of alkyl halides is 2. The average Bonchev–Trinajstić information content (AvgIpc) is 3.17. The molecule has 0 aliphatic carbocycles. The Labute approximate surface area is 225 Å². The lowest BCUT2D eigenvalue weighted by Crippen LogP contribution is -2.42. The summed E-state index contributed by atoms with van der Waals surface area (Å²) in [4.78, 5) is 13.5. The van der Waals surface area contributed by atoms with E-state index in [0.29, 0.717) is 17.9 Å². The number of aromatic nitrogens is 4. The van der Waals surface area contributed by atoms with Gasteiger partial charge in [0, 0.05) is 30.2 Å². The molecule has 3 rings (SSSR count). The number of ether oxygens (including phenoxy) is 4. The first-order valence-electron chi connectivity index (χ1n) is 12.6. The smallest absolute Gasteiger partial charge is 0.401 e. The van der Waals surface area contributed by atoms with Crippen molar-refractivity contribution in [2.75, 3.05) is 39.3 Å². The monoisotopic (exact) mass is 552 g/mol. The summed E-state index contributed by atoms with van der Waals surface area (Å²) >= 11 is 0. The molecule has 0 radical (unpaired) electrons. The minimum atomic E-state index is -3.71. The zero-order valence-corrected chi connectivity index (χ0v) is 23.1. The van der Waals surface area contributed by atoms with Gasteiger partial charge in [-0.25, -0.2) is 0 Å². The number of Topliss-reactive ketones (excluding diaryl/α,β-unsaturated/α-hetero) is 1. The molecule has 0 amide bonds. The molecule has 214 valence electrons. The second kappa shape index (κ2) is 12.1. The van der Waals surface area contributed by atoms with Crippen molar-refractivity contribution in [3.63, 3.8) is 0 Å². The summed E-state index contributed by atoms with van der Waals surface area (Å²) in [5.41, 5.74) is 5.94. The quantitative estimate of drug-likeness (QED) is 0.186. The summed E-state index contributed by atoms with van der Waals surface area (Å²) in [5, 5.41) is 17.5. The van der Waals surface area contributed by atoms with Crippen LogP contribution in [-0.2, 0) is 22.8 Å². The third kappa shape index (κ3) is 6.53. The fraction of sp³-hybridized carbons (Fsp3) is 0.538. The molecule has 0 bridgehead atoms. The van der Waals surface area contributed by atoms with Gasteiger partial charge in [0.25, 0.3) is 5.65 Å². The summed E-state index contributed by atoms with van der Waals surface area (Å²) in [6.07, 6.45) is -3.31. The molecular weight excluding hydrogens is 516 g/mol. The number of nitrogens with zero attached hydrogens (tertiary/aromatic N) is 4. The van der Waals surface area contributed by atoms with Gasteiger partial charge in [-0.05, 0) is 31.4 Å². The maximum absolute atomic E-state index is 14.9. The van der Waals surface area contributed by atoms with E-state index >= 15 is 0 Å². The highest BCUT2D eigenvalue weighted by atomic mass is 19.3. The van der Waals surface area contributed by atoms with Crippen LogP contribution in [0.15, 0.2) is 18.2 Å². The summed E-state index contributed by atoms with van der Waals surface area (Å²) in [6, 6.07) is 4.29. The van der Waals surface area contributed by atoms with E-state index in [0.717, 1.165) is 20.8 Å². The summed E-state index contributed by atoms with van der Waals surface area (Å²) in [5.74, 6) is 0.163. The Morgan fingerprint density at radius 3 is 2.44 bits per heavy atom. The van der Waals surface area contributed by atoms with Crippen molar-refractivity contribution in [3.05, 3.63) is 34.9 Å². The van der Waals surface area contributed by atoms with Gasteiger partial charge in [-0.2, -0.15) is 8.78 Å². The van der Waals surface area contributed by atoms with Crippen molar-refractivity contribution in [3.8, 4) is 17.4 Å². The van der Waals surface area contributed by atoms with Gasteiger partial charge in [0.15, 0.2) is 23.8 Å². The SMILES string of the molecule is CCOc1cc(C(F)(F)OCC)c2n[n+](CC(=O)c3cc(OCCCO)c(OC)c(C(C)(C)C)c3)c(N)n2n1. The van der Waals surface area contributed by atoms with Crippen LogP contribution in [0.2, 0.25) is 0 Å². The van der Waals surface area contributed by atoms with Crippen molar-refractivity contribution in [1.29, 1.82) is 0 Å². The number of hydrogen-bond acceptors (Lipinski definition) is 9. The van der Waals surface area contributed by atoms with Crippen LogP contribution in [0.4, 0.5) is 14.7 Å². The number of aliphatic hydroxyl groups excluding tert-OH is 1. The van der Waals surface area contributed by atoms with E-state index in [4.69, 9.17) is 25.1 Å². The van der Waals surface area contributed by atoms with E-state index in [1.165, 1.54) is 14.0 Å². The lowest BCUT2D eigenvalue weighted by atomic mass is 9.84. The second-order valence-corrected chi connectivity index (χ2v) is 9.68. The topological polar surface area (TPSA) is 134 Å². The van der Waals surface area contributed by atoms with Crippen molar-refractivity contribution in [2.24, 2.45) is 0 Å². The van der Waals surface area contributed by atoms with Gasteiger partial charge in [0.2, 0.25) is 5.88 Å². The lowest BCUT2D eigenvalue weighted by Gasteiger charge is -2.25. The third-order valence-electron chi connectivity index (χ3n) is 5.78. The number of rotatable bonds is 13. The van der Waals surface area contributed by atoms with E-state index in [1.807, 2.05) is 20.8 Å². The molecule has 0 aliphatic rings. The average molecular weight is 553 g/mol. The summed E-state index contributed by atoms with van der Waals surface area (Å²) < 4.78 is 53.2. The Balaban J connectivity index is 2.09. The van der Waals surface area contributed by atoms with Crippen LogP contribution in [-0.4, -0.2) is 59.1 Å². The first-order valence-corrected chi connectivity index (χ1v) is 12.6. The van der Waals surface area contributed by atoms with Crippen LogP contribution >= 0.6 is 0 Å². The minimum Gasteiger partial charge on any atom is -0.493 e. The van der Waals surface area contributed by atoms with Crippen molar-refractivity contribution in [2.45, 2.75) is 59.1 Å². The number of carbonyl (C=O) groups is 1. The molecule has 0 aliphatic heterocycles. The predicted molar refractivity (Wildman–Crippen MR) is 138 cm³/mol. The van der Waals surface area contributed by atoms with E-state index in [1.54, 1.807) is 19.1 Å². The molecule has 13 heteroatoms. The molecule has 1 aromatic carbocycles. The van der Waals surface area contributed by atoms with Gasteiger partial charge in [-0.15, -0.1) is 4.68 Å². The number of fused-ring (bicyclic) bond motifs is 1. The fourth-order valence-corrected chi connectivity index (χ4v) is 3.93. The third-order valence-corrected chi connectivity index (χ3v) is 5.78. The highest BCUT2D eigenvalue weighted by molar-refractivity contribution is 5.96. The number of halogens is 2. The summed E-state index contributed by atoms with van der Waals surface area (Å²) in [6.45, 7) is 8.74. The number of hydrogen-bond donors (Lipinski definition) is 2. The maximum atomic E-state index is 14.9. The standard InChI is InChI=1S/C26H35F2N5O6/c1-7-37-21-14-18(26(27,28)39-8-2)23-31-32(24(29)33(23)30-21)15-19(35)16-12-17(25(3,4)5)22(36-6)20(13-16)38-11-9-10-34/h12-14,29,34H,7-11,15H2,1-6H3/p+1. The zero-order chi connectivity index (χ0) is 29.0. The van der Waals surface area contributed by atoms with Crippen LogP contribution < -0.4 is 24.6 Å². The molecule has 0 atom stereocenters. The molecule has 0 saturated heterocycles. The Morgan fingerprint density at radius 1 is 1.13 bits per heavy atom. The normalized spacial score (nSPS) is 12.1. The van der Waals surface area contributed by atoms with E-state index < -0.39 is 22.9 Å². The Bertz CT molecular complexity index is 1320. The molecule has 11 nitrogen and oxygen atoms in total. The Kier molecular flexibility index (Phi) is 9.28. The number of nitrogen functional groups attached to an aromatic ring is 1. The molecular formula is C26H36F2N5O6+. The number of ketones is 1. The minimum absolute atomic E-state index is 0.0553. The molecule has 0 fully saturated rings. The summed E-state index contributed by atoms with van der Waals surface area (Å²) in [7, 11) is 1.51. The van der Waals surface area contributed by atoms with Crippen LogP contribution in [0, 0.1) is 0 Å². The van der Waals surface area contributed by atoms with Crippen molar-refractivity contribution in [1.82, 2.24) is 14.7 Å². The molecule has 39 heavy (non-hydrogen) atoms. The number of nitrogens with two attached hydrogens (primary N) is 1. The van der Waals surface area contributed by atoms with Crippen LogP contribution in [0.5, 0.6) is 17.4 Å². The fourth-order valence-electron chi connectivity index (χ4n) is 3.93. The first-order chi connectivity index (χ1) is 18.4. The van der Waals surface area contributed by atoms with Gasteiger partial charge in [-0.1, -0.05) is 35.5 Å². The highest BCUT2D eigenvalue weighted by Gasteiger charge is 2.40. The van der Waals surface area contributed by atoms with E-state index in [-0.39, 0.29) is 56.0 Å². The molecule has 3 N–H and O–H groups in total. The van der Waals surface area contributed by atoms with Crippen molar-refractivity contribution >= 4 is 17.4 Å². The molecule has 2 heterocycles. The largest absolute Gasteiger partial charge is 0.493 e. The number of aliphatic hydroxyl groups is 1.